The van der Waals surface area contributed by atoms with Crippen LogP contribution in [0.15, 0.2) is 90.1 Å². The average Bonchev–Trinajstić information content (AvgIpc) is 3.45. The fraction of sp³-hybridized carbons (Fsp3) is 0.324. The largest absolute Gasteiger partial charge is 0.491 e. The standard InChI is InChI=1S/C34H39N3O4S/c1-3-5-20-40-21-22-41-32-15-12-29(13-16-32)30-8-6-7-27(23-30)9-14-31(38)24-28-10-17-33(18-11-28)42(39)25-34-36-35-26-37(34)19-4-2/h6-18,23,26H,3-5,19-22,24-25H2,1-2H3/b14-9+/t42-/m0/s1. The van der Waals surface area contributed by atoms with Gasteiger partial charge in [-0.15, -0.1) is 10.2 Å². The Morgan fingerprint density at radius 3 is 2.50 bits per heavy atom. The summed E-state index contributed by atoms with van der Waals surface area (Å²) in [6.45, 7) is 6.93. The quantitative estimate of drug-likeness (QED) is 0.102. The van der Waals surface area contributed by atoms with Crippen LogP contribution in [0.1, 0.15) is 50.1 Å². The second kappa shape index (κ2) is 16.5. The Bertz CT molecular complexity index is 1460. The first kappa shape index (κ1) is 31.1. The molecule has 8 heteroatoms. The van der Waals surface area contributed by atoms with Crippen LogP contribution in [0.25, 0.3) is 17.2 Å². The van der Waals surface area contributed by atoms with Gasteiger partial charge in [-0.25, -0.2) is 0 Å². The van der Waals surface area contributed by atoms with Crippen LogP contribution in [-0.2, 0) is 39.0 Å². The molecule has 0 aliphatic rings. The number of unbranched alkanes of at least 4 members (excludes halogenated alkanes) is 1. The summed E-state index contributed by atoms with van der Waals surface area (Å²) in [6, 6.07) is 23.5. The van der Waals surface area contributed by atoms with Gasteiger partial charge in [-0.05, 0) is 71.5 Å². The zero-order valence-electron chi connectivity index (χ0n) is 24.4. The second-order valence-electron chi connectivity index (χ2n) is 10.0. The SMILES string of the molecule is CCCCOCCOc1ccc(-c2cccc(/C=C/C(=O)Cc3ccc([S@@](=O)Cc4nncn4CCC)cc3)c2)cc1. The Morgan fingerprint density at radius 2 is 1.74 bits per heavy atom. The van der Waals surface area contributed by atoms with Crippen molar-refractivity contribution in [3.05, 3.63) is 102 Å². The fourth-order valence-electron chi connectivity index (χ4n) is 4.36. The zero-order valence-corrected chi connectivity index (χ0v) is 25.2. The number of benzene rings is 3. The molecule has 220 valence electrons. The lowest BCUT2D eigenvalue weighted by molar-refractivity contribution is -0.113. The summed E-state index contributed by atoms with van der Waals surface area (Å²) >= 11 is 0. The molecular weight excluding hydrogens is 546 g/mol. The first-order chi connectivity index (χ1) is 20.6. The van der Waals surface area contributed by atoms with E-state index >= 15 is 0 Å². The lowest BCUT2D eigenvalue weighted by Crippen LogP contribution is -2.07. The molecule has 0 amide bonds. The highest BCUT2D eigenvalue weighted by atomic mass is 32.2. The average molecular weight is 586 g/mol. The number of hydrogen-bond acceptors (Lipinski definition) is 6. The van der Waals surface area contributed by atoms with Crippen molar-refractivity contribution in [1.82, 2.24) is 14.8 Å². The topological polar surface area (TPSA) is 83.3 Å². The third kappa shape index (κ3) is 9.60. The lowest BCUT2D eigenvalue weighted by Gasteiger charge is -2.08. The molecule has 7 nitrogen and oxygen atoms in total. The molecule has 4 aromatic rings. The molecule has 0 fully saturated rings. The molecule has 1 aromatic heterocycles. The predicted molar refractivity (Wildman–Crippen MR) is 168 cm³/mol. The molecule has 1 atom stereocenters. The number of aryl methyl sites for hydroxylation is 1. The minimum Gasteiger partial charge on any atom is -0.491 e. The van der Waals surface area contributed by atoms with Gasteiger partial charge in [-0.1, -0.05) is 68.8 Å². The van der Waals surface area contributed by atoms with E-state index in [2.05, 4.69) is 36.2 Å². The van der Waals surface area contributed by atoms with Gasteiger partial charge in [0.05, 0.1) is 23.2 Å². The molecule has 0 N–H and O–H groups in total. The number of ketones is 1. The predicted octanol–water partition coefficient (Wildman–Crippen LogP) is 6.68. The number of hydrogen-bond donors (Lipinski definition) is 0. The first-order valence-electron chi connectivity index (χ1n) is 14.5. The van der Waals surface area contributed by atoms with Crippen molar-refractivity contribution >= 4 is 22.7 Å². The van der Waals surface area contributed by atoms with Crippen molar-refractivity contribution in [2.45, 2.75) is 56.7 Å². The van der Waals surface area contributed by atoms with Crippen molar-refractivity contribution in [3.63, 3.8) is 0 Å². The van der Waals surface area contributed by atoms with Gasteiger partial charge in [-0.2, -0.15) is 0 Å². The third-order valence-electron chi connectivity index (χ3n) is 6.66. The highest BCUT2D eigenvalue weighted by Crippen LogP contribution is 2.24. The summed E-state index contributed by atoms with van der Waals surface area (Å²) < 4.78 is 26.1. The number of nitrogens with zero attached hydrogens (tertiary/aromatic N) is 3. The molecule has 42 heavy (non-hydrogen) atoms. The number of allylic oxidation sites excluding steroid dienone is 1. The Labute approximate surface area is 251 Å². The van der Waals surface area contributed by atoms with Gasteiger partial charge in [0.25, 0.3) is 0 Å². The van der Waals surface area contributed by atoms with Gasteiger partial charge in [-0.3, -0.25) is 9.00 Å². The molecule has 1 heterocycles. The Balaban J connectivity index is 1.27. The van der Waals surface area contributed by atoms with E-state index in [1.54, 1.807) is 12.4 Å². The van der Waals surface area contributed by atoms with Crippen molar-refractivity contribution in [3.8, 4) is 16.9 Å². The molecule has 3 aromatic carbocycles. The smallest absolute Gasteiger partial charge is 0.160 e. The van der Waals surface area contributed by atoms with Crippen LogP contribution < -0.4 is 4.74 Å². The second-order valence-corrected chi connectivity index (χ2v) is 11.5. The van der Waals surface area contributed by atoms with E-state index in [0.717, 1.165) is 60.4 Å². The summed E-state index contributed by atoms with van der Waals surface area (Å²) in [5.74, 6) is 1.85. The maximum Gasteiger partial charge on any atom is 0.160 e. The van der Waals surface area contributed by atoms with E-state index in [0.29, 0.717) is 29.7 Å². The van der Waals surface area contributed by atoms with Gasteiger partial charge >= 0.3 is 0 Å². The Morgan fingerprint density at radius 1 is 0.929 bits per heavy atom. The molecule has 0 aliphatic carbocycles. The van der Waals surface area contributed by atoms with Crippen LogP contribution in [0.2, 0.25) is 0 Å². The summed E-state index contributed by atoms with van der Waals surface area (Å²) in [5, 5.41) is 8.05. The van der Waals surface area contributed by atoms with Crippen LogP contribution in [0.3, 0.4) is 0 Å². The molecule has 0 spiro atoms. The summed E-state index contributed by atoms with van der Waals surface area (Å²) in [5.41, 5.74) is 3.97. The monoisotopic (exact) mass is 585 g/mol. The fourth-order valence-corrected chi connectivity index (χ4v) is 5.42. The van der Waals surface area contributed by atoms with Crippen molar-refractivity contribution in [2.24, 2.45) is 0 Å². The molecule has 0 saturated heterocycles. The first-order valence-corrected chi connectivity index (χ1v) is 15.8. The number of carbonyl (C=O) groups is 1. The molecule has 4 rings (SSSR count). The van der Waals surface area contributed by atoms with Crippen molar-refractivity contribution in [1.29, 1.82) is 0 Å². The molecule has 0 aliphatic heterocycles. The van der Waals surface area contributed by atoms with Crippen LogP contribution in [-0.4, -0.2) is 44.6 Å². The molecule has 0 radical (unpaired) electrons. The van der Waals surface area contributed by atoms with E-state index in [-0.39, 0.29) is 12.2 Å². The maximum atomic E-state index is 12.8. The molecule has 0 bridgehead atoms. The van der Waals surface area contributed by atoms with Crippen LogP contribution >= 0.6 is 0 Å². The summed E-state index contributed by atoms with van der Waals surface area (Å²) in [6.07, 6.45) is 8.57. The van der Waals surface area contributed by atoms with Crippen LogP contribution in [0.5, 0.6) is 5.75 Å². The molecule has 0 saturated carbocycles. The van der Waals surface area contributed by atoms with Gasteiger partial charge in [0.2, 0.25) is 0 Å². The van der Waals surface area contributed by atoms with Gasteiger partial charge in [0.15, 0.2) is 5.78 Å². The number of rotatable bonds is 17. The zero-order chi connectivity index (χ0) is 29.6. The third-order valence-corrected chi connectivity index (χ3v) is 7.98. The van der Waals surface area contributed by atoms with Crippen LogP contribution in [0, 0.1) is 0 Å². The number of aromatic nitrogens is 3. The number of ether oxygens (including phenoxy) is 2. The van der Waals surface area contributed by atoms with E-state index in [4.69, 9.17) is 9.47 Å². The number of carbonyl (C=O) groups excluding carboxylic acids is 1. The minimum atomic E-state index is -1.23. The lowest BCUT2D eigenvalue weighted by atomic mass is 10.0. The van der Waals surface area contributed by atoms with Gasteiger partial charge in [0, 0.05) is 24.5 Å². The minimum absolute atomic E-state index is 0.00196. The van der Waals surface area contributed by atoms with E-state index < -0.39 is 10.8 Å². The molecule has 0 unspecified atom stereocenters. The maximum absolute atomic E-state index is 12.8. The van der Waals surface area contributed by atoms with E-state index in [1.807, 2.05) is 71.3 Å². The Kier molecular flexibility index (Phi) is 12.2. The Hall–Kier alpha value is -3.88. The highest BCUT2D eigenvalue weighted by Gasteiger charge is 2.11. The normalized spacial score (nSPS) is 12.0. The van der Waals surface area contributed by atoms with Crippen molar-refractivity contribution < 1.29 is 18.5 Å². The molecular formula is C34H39N3O4S. The van der Waals surface area contributed by atoms with E-state index in [1.165, 1.54) is 0 Å². The van der Waals surface area contributed by atoms with Crippen LogP contribution in [0.4, 0.5) is 0 Å². The highest BCUT2D eigenvalue weighted by molar-refractivity contribution is 7.84. The van der Waals surface area contributed by atoms with Crippen molar-refractivity contribution in [2.75, 3.05) is 19.8 Å². The van der Waals surface area contributed by atoms with Gasteiger partial charge in [0.1, 0.15) is 24.5 Å². The van der Waals surface area contributed by atoms with Gasteiger partial charge < -0.3 is 14.0 Å². The summed E-state index contributed by atoms with van der Waals surface area (Å²) in [7, 11) is -1.23. The van der Waals surface area contributed by atoms with E-state index in [9.17, 15) is 9.00 Å². The summed E-state index contributed by atoms with van der Waals surface area (Å²) in [4.78, 5) is 13.4.